The van der Waals surface area contributed by atoms with Crippen LogP contribution >= 0.6 is 0 Å². The summed E-state index contributed by atoms with van der Waals surface area (Å²) in [6.07, 6.45) is 2.93. The molecular formula is C14H28N2O4. The standard InChI is InChI=1S/C14H28N2O4/c1-6-7-8-9-12(17)16-19-10-11(2)15-13(18)20-14(3,4)5/h11H,6-10H2,1-5H3,(H,15,18)(H,16,17)/t11-/m1/s1. The minimum Gasteiger partial charge on any atom is -0.444 e. The number of carbonyl (C=O) groups excluding carboxylic acids is 2. The van der Waals surface area contributed by atoms with Gasteiger partial charge in [-0.15, -0.1) is 0 Å². The van der Waals surface area contributed by atoms with Gasteiger partial charge in [-0.2, -0.15) is 0 Å². The summed E-state index contributed by atoms with van der Waals surface area (Å²) >= 11 is 0. The Morgan fingerprint density at radius 3 is 2.40 bits per heavy atom. The van der Waals surface area contributed by atoms with E-state index in [1.165, 1.54) is 0 Å². The third-order valence-corrected chi connectivity index (χ3v) is 2.29. The van der Waals surface area contributed by atoms with Gasteiger partial charge in [0.05, 0.1) is 12.6 Å². The fraction of sp³-hybridized carbons (Fsp3) is 0.857. The van der Waals surface area contributed by atoms with Crippen LogP contribution in [0.4, 0.5) is 4.79 Å². The van der Waals surface area contributed by atoms with Crippen LogP contribution in [-0.4, -0.2) is 30.3 Å². The quantitative estimate of drug-likeness (QED) is 0.531. The molecule has 0 radical (unpaired) electrons. The van der Waals surface area contributed by atoms with Crippen molar-refractivity contribution in [3.05, 3.63) is 0 Å². The Kier molecular flexibility index (Phi) is 8.96. The highest BCUT2D eigenvalue weighted by molar-refractivity contribution is 5.74. The highest BCUT2D eigenvalue weighted by Gasteiger charge is 2.17. The van der Waals surface area contributed by atoms with Crippen LogP contribution in [0, 0.1) is 0 Å². The second-order valence-corrected chi connectivity index (χ2v) is 5.84. The van der Waals surface area contributed by atoms with Crippen molar-refractivity contribution in [2.75, 3.05) is 6.61 Å². The first kappa shape index (κ1) is 18.7. The van der Waals surface area contributed by atoms with Crippen LogP contribution in [0.5, 0.6) is 0 Å². The maximum Gasteiger partial charge on any atom is 0.407 e. The van der Waals surface area contributed by atoms with Gasteiger partial charge in [-0.3, -0.25) is 9.63 Å². The summed E-state index contributed by atoms with van der Waals surface area (Å²) < 4.78 is 5.11. The minimum absolute atomic E-state index is 0.136. The third-order valence-electron chi connectivity index (χ3n) is 2.29. The van der Waals surface area contributed by atoms with Crippen LogP contribution in [0.2, 0.25) is 0 Å². The summed E-state index contributed by atoms with van der Waals surface area (Å²) in [7, 11) is 0. The van der Waals surface area contributed by atoms with Crippen molar-refractivity contribution in [3.8, 4) is 0 Å². The number of unbranched alkanes of at least 4 members (excludes halogenated alkanes) is 2. The Morgan fingerprint density at radius 1 is 1.20 bits per heavy atom. The smallest absolute Gasteiger partial charge is 0.407 e. The molecule has 0 bridgehead atoms. The Bertz CT molecular complexity index is 300. The van der Waals surface area contributed by atoms with Gasteiger partial charge in [0.15, 0.2) is 0 Å². The molecule has 2 amide bonds. The zero-order valence-electron chi connectivity index (χ0n) is 13.2. The van der Waals surface area contributed by atoms with E-state index in [0.717, 1.165) is 19.3 Å². The second-order valence-electron chi connectivity index (χ2n) is 5.84. The number of alkyl carbamates (subject to hydrolysis) is 1. The van der Waals surface area contributed by atoms with E-state index in [0.29, 0.717) is 6.42 Å². The van der Waals surface area contributed by atoms with Gasteiger partial charge in [0, 0.05) is 6.42 Å². The molecule has 0 aliphatic carbocycles. The Morgan fingerprint density at radius 2 is 1.85 bits per heavy atom. The maximum atomic E-state index is 11.5. The van der Waals surface area contributed by atoms with Gasteiger partial charge in [0.2, 0.25) is 5.91 Å². The van der Waals surface area contributed by atoms with Crippen molar-refractivity contribution >= 4 is 12.0 Å². The molecule has 6 nitrogen and oxygen atoms in total. The molecule has 0 aromatic rings. The monoisotopic (exact) mass is 288 g/mol. The van der Waals surface area contributed by atoms with E-state index in [4.69, 9.17) is 9.57 Å². The van der Waals surface area contributed by atoms with E-state index in [2.05, 4.69) is 17.7 Å². The third kappa shape index (κ3) is 11.8. The molecular weight excluding hydrogens is 260 g/mol. The van der Waals surface area contributed by atoms with E-state index >= 15 is 0 Å². The summed E-state index contributed by atoms with van der Waals surface area (Å²) in [6, 6.07) is -0.249. The molecule has 1 atom stereocenters. The van der Waals surface area contributed by atoms with E-state index in [9.17, 15) is 9.59 Å². The van der Waals surface area contributed by atoms with Crippen LogP contribution < -0.4 is 10.8 Å². The number of ether oxygens (including phenoxy) is 1. The van der Waals surface area contributed by atoms with Crippen molar-refractivity contribution < 1.29 is 19.2 Å². The molecule has 0 heterocycles. The zero-order valence-corrected chi connectivity index (χ0v) is 13.2. The highest BCUT2D eigenvalue weighted by Crippen LogP contribution is 2.06. The lowest BCUT2D eigenvalue weighted by Crippen LogP contribution is -2.41. The molecule has 0 saturated heterocycles. The van der Waals surface area contributed by atoms with Gasteiger partial charge < -0.3 is 10.1 Å². The number of nitrogens with one attached hydrogen (secondary N) is 2. The normalized spacial score (nSPS) is 12.7. The first-order valence-corrected chi connectivity index (χ1v) is 7.14. The number of hydroxylamine groups is 1. The van der Waals surface area contributed by atoms with Gasteiger partial charge in [-0.25, -0.2) is 10.3 Å². The zero-order chi connectivity index (χ0) is 15.6. The average Bonchev–Trinajstić information content (AvgIpc) is 2.26. The first-order chi connectivity index (χ1) is 9.24. The lowest BCUT2D eigenvalue weighted by Gasteiger charge is -2.21. The van der Waals surface area contributed by atoms with Crippen LogP contribution in [0.15, 0.2) is 0 Å². The van der Waals surface area contributed by atoms with Crippen LogP contribution in [0.1, 0.15) is 60.3 Å². The minimum atomic E-state index is -0.530. The number of amides is 2. The molecule has 0 spiro atoms. The summed E-state index contributed by atoms with van der Waals surface area (Å²) in [5, 5.41) is 2.63. The van der Waals surface area contributed by atoms with Crippen molar-refractivity contribution in [2.45, 2.75) is 71.9 Å². The van der Waals surface area contributed by atoms with E-state index < -0.39 is 11.7 Å². The Hall–Kier alpha value is -1.30. The van der Waals surface area contributed by atoms with E-state index in [-0.39, 0.29) is 18.6 Å². The van der Waals surface area contributed by atoms with Gasteiger partial charge in [0.1, 0.15) is 5.60 Å². The van der Waals surface area contributed by atoms with Crippen molar-refractivity contribution in [3.63, 3.8) is 0 Å². The maximum absolute atomic E-state index is 11.5. The largest absolute Gasteiger partial charge is 0.444 e. The van der Waals surface area contributed by atoms with E-state index in [1.54, 1.807) is 27.7 Å². The number of rotatable bonds is 8. The van der Waals surface area contributed by atoms with Gasteiger partial charge >= 0.3 is 6.09 Å². The topological polar surface area (TPSA) is 76.7 Å². The highest BCUT2D eigenvalue weighted by atomic mass is 16.7. The molecule has 0 aliphatic heterocycles. The fourth-order valence-electron chi connectivity index (χ4n) is 1.38. The van der Waals surface area contributed by atoms with Crippen LogP contribution in [0.25, 0.3) is 0 Å². The molecule has 0 rings (SSSR count). The van der Waals surface area contributed by atoms with Crippen LogP contribution in [0.3, 0.4) is 0 Å². The molecule has 6 heteroatoms. The number of hydrogen-bond donors (Lipinski definition) is 2. The fourth-order valence-corrected chi connectivity index (χ4v) is 1.38. The molecule has 20 heavy (non-hydrogen) atoms. The van der Waals surface area contributed by atoms with Crippen molar-refractivity contribution in [1.29, 1.82) is 0 Å². The summed E-state index contributed by atoms with van der Waals surface area (Å²) in [4.78, 5) is 27.9. The molecule has 0 aromatic heterocycles. The Balaban J connectivity index is 3.70. The molecule has 118 valence electrons. The predicted molar refractivity (Wildman–Crippen MR) is 77.1 cm³/mol. The van der Waals surface area contributed by atoms with Gasteiger partial charge in [-0.05, 0) is 34.1 Å². The van der Waals surface area contributed by atoms with Gasteiger partial charge in [-0.1, -0.05) is 19.8 Å². The molecule has 0 aliphatic rings. The molecule has 0 aromatic carbocycles. The lowest BCUT2D eigenvalue weighted by atomic mass is 10.2. The van der Waals surface area contributed by atoms with E-state index in [1.807, 2.05) is 0 Å². The van der Waals surface area contributed by atoms with Crippen LogP contribution in [-0.2, 0) is 14.4 Å². The predicted octanol–water partition coefficient (Wildman–Crippen LogP) is 2.53. The SMILES string of the molecule is CCCCCC(=O)NOC[C@@H](C)NC(=O)OC(C)(C)C. The number of hydrogen-bond acceptors (Lipinski definition) is 4. The lowest BCUT2D eigenvalue weighted by molar-refractivity contribution is -0.134. The first-order valence-electron chi connectivity index (χ1n) is 7.14. The van der Waals surface area contributed by atoms with Crippen molar-refractivity contribution in [1.82, 2.24) is 10.8 Å². The summed E-state index contributed by atoms with van der Waals surface area (Å²) in [5.74, 6) is -0.136. The average molecular weight is 288 g/mol. The van der Waals surface area contributed by atoms with Crippen molar-refractivity contribution in [2.24, 2.45) is 0 Å². The number of carbonyl (C=O) groups is 2. The molecule has 0 fully saturated rings. The van der Waals surface area contributed by atoms with Gasteiger partial charge in [0.25, 0.3) is 0 Å². The second kappa shape index (κ2) is 9.58. The molecule has 2 N–H and O–H groups in total. The Labute approximate surface area is 121 Å². The molecule has 0 saturated carbocycles. The summed E-state index contributed by atoms with van der Waals surface area (Å²) in [6.45, 7) is 9.43. The summed E-state index contributed by atoms with van der Waals surface area (Å²) in [5.41, 5.74) is 1.83. The molecule has 0 unspecified atom stereocenters.